The molecule has 1 saturated heterocycles. The number of nitrogens with two attached hydrogens (primary N) is 1. The van der Waals surface area contributed by atoms with Crippen LogP contribution < -0.4 is 21.6 Å². The van der Waals surface area contributed by atoms with Crippen LogP contribution in [0.1, 0.15) is 47.1 Å². The second kappa shape index (κ2) is 17.2. The smallest absolute Gasteiger partial charge is 0.355 e. The van der Waals surface area contributed by atoms with Crippen molar-refractivity contribution in [2.24, 2.45) is 11.7 Å². The number of likely N-dealkylation sites (tertiary alicyclic amines) is 1. The molecule has 294 valence electrons. The number of non-ortho nitro benzene ring substituents is 1. The maximum absolute atomic E-state index is 14.6. The number of hydrogen-bond donors (Lipinski definition) is 1. The molecule has 0 spiro atoms. The third-order valence-electron chi connectivity index (χ3n) is 10.5. The lowest BCUT2D eigenvalue weighted by Crippen LogP contribution is -2.65. The van der Waals surface area contributed by atoms with E-state index in [-0.39, 0.29) is 28.9 Å². The van der Waals surface area contributed by atoms with E-state index in [0.717, 1.165) is 15.9 Å². The molecule has 3 atom stereocenters. The quantitative estimate of drug-likeness (QED) is 0.0263. The van der Waals surface area contributed by atoms with Crippen molar-refractivity contribution < 1.29 is 28.5 Å². The molecule has 2 amide bonds. The van der Waals surface area contributed by atoms with Crippen molar-refractivity contribution in [1.82, 2.24) is 4.90 Å². The van der Waals surface area contributed by atoms with Gasteiger partial charge < -0.3 is 14.9 Å². The van der Waals surface area contributed by atoms with Crippen LogP contribution in [0.5, 0.6) is 0 Å². The number of rotatable bonds is 14. The Bertz CT molecular complexity index is 2070. The number of nitrogens with zero attached hydrogens (tertiary/aromatic N) is 2. The van der Waals surface area contributed by atoms with Crippen LogP contribution in [0.2, 0.25) is 18.1 Å². The fraction of sp³-hybridized carbons (Fsp3) is 0.302. The molecule has 5 rings (SSSR count). The van der Waals surface area contributed by atoms with E-state index in [4.69, 9.17) is 14.9 Å². The first kappa shape index (κ1) is 42.4. The van der Waals surface area contributed by atoms with Gasteiger partial charge in [0.2, 0.25) is 5.91 Å². The largest absolute Gasteiger partial charge is 0.456 e. The predicted octanol–water partition coefficient (Wildman–Crippen LogP) is 7.47. The maximum Gasteiger partial charge on any atom is 0.355 e. The SMILES string of the molecule is CC(C)=C(C(=O)OCc1ccc([N+](=O)[O-])cc1)N1C(=O)[C@H]([C@@H](C)O[Si](C)(C)C(C)(C)C)[C@H]1SC(C(N)=O)=P(c1ccccc1)(c1ccccc1)c1ccccc1. The maximum atomic E-state index is 14.6. The number of carbonyl (C=O) groups is 3. The highest BCUT2D eigenvalue weighted by Crippen LogP contribution is 2.53. The lowest BCUT2D eigenvalue weighted by molar-refractivity contribution is -0.384. The average molecular weight is 812 g/mol. The molecular formula is C43H50N3O7PSSi. The molecule has 56 heavy (non-hydrogen) atoms. The highest BCUT2D eigenvalue weighted by Gasteiger charge is 2.56. The number of nitro benzene ring substituents is 1. The summed E-state index contributed by atoms with van der Waals surface area (Å²) in [6, 6.07) is 35.2. The van der Waals surface area contributed by atoms with Gasteiger partial charge in [0.15, 0.2) is 8.32 Å². The van der Waals surface area contributed by atoms with E-state index >= 15 is 0 Å². The third-order valence-corrected chi connectivity index (χ3v) is 21.4. The van der Waals surface area contributed by atoms with Gasteiger partial charge >= 0.3 is 5.97 Å². The molecule has 4 aromatic carbocycles. The fourth-order valence-corrected chi connectivity index (χ4v) is 14.9. The van der Waals surface area contributed by atoms with Crippen molar-refractivity contribution in [2.75, 3.05) is 0 Å². The summed E-state index contributed by atoms with van der Waals surface area (Å²) in [6.45, 7) is 12.8. The van der Waals surface area contributed by atoms with Crippen molar-refractivity contribution in [3.63, 3.8) is 0 Å². The van der Waals surface area contributed by atoms with Crippen LogP contribution in [0.15, 0.2) is 127 Å². The van der Waals surface area contributed by atoms with Crippen LogP contribution in [-0.2, 0) is 30.2 Å². The number of β-lactam (4-membered cyclic amide) rings is 1. The summed E-state index contributed by atoms with van der Waals surface area (Å²) in [4.78, 5) is 55.0. The van der Waals surface area contributed by atoms with Gasteiger partial charge in [0.25, 0.3) is 11.6 Å². The Labute approximate surface area is 334 Å². The molecule has 0 bridgehead atoms. The first-order valence-electron chi connectivity index (χ1n) is 18.4. The molecule has 1 aliphatic heterocycles. The van der Waals surface area contributed by atoms with Gasteiger partial charge in [0, 0.05) is 12.1 Å². The fourth-order valence-electron chi connectivity index (χ4n) is 6.64. The summed E-state index contributed by atoms with van der Waals surface area (Å²) in [5.41, 5.74) is 7.56. The Balaban J connectivity index is 1.70. The topological polar surface area (TPSA) is 142 Å². The second-order valence-electron chi connectivity index (χ2n) is 15.5. The molecule has 1 fully saturated rings. The number of hydrogen-bond acceptors (Lipinski definition) is 8. The minimum Gasteiger partial charge on any atom is -0.456 e. The van der Waals surface area contributed by atoms with Gasteiger partial charge in [-0.05, 0) is 85.0 Å². The summed E-state index contributed by atoms with van der Waals surface area (Å²) in [6.07, 6.45) is -0.571. The number of esters is 1. The summed E-state index contributed by atoms with van der Waals surface area (Å²) >= 11 is 1.22. The van der Waals surface area contributed by atoms with E-state index in [1.807, 2.05) is 97.9 Å². The van der Waals surface area contributed by atoms with E-state index in [2.05, 4.69) is 33.9 Å². The summed E-state index contributed by atoms with van der Waals surface area (Å²) < 4.78 is 13.0. The normalized spacial score (nSPS) is 16.4. The highest BCUT2D eigenvalue weighted by molar-refractivity contribution is 8.27. The number of carbonyl (C=O) groups excluding carboxylic acids is 3. The Kier molecular flexibility index (Phi) is 13.0. The van der Waals surface area contributed by atoms with Gasteiger partial charge in [-0.2, -0.15) is 0 Å². The molecule has 2 N–H and O–H groups in total. The van der Waals surface area contributed by atoms with Crippen LogP contribution in [0, 0.1) is 16.0 Å². The molecule has 1 aliphatic rings. The number of benzene rings is 4. The number of thioether (sulfide) groups is 1. The van der Waals surface area contributed by atoms with Crippen LogP contribution >= 0.6 is 18.6 Å². The zero-order valence-corrected chi connectivity index (χ0v) is 35.8. The van der Waals surface area contributed by atoms with Crippen molar-refractivity contribution in [1.29, 1.82) is 0 Å². The molecule has 4 aromatic rings. The average Bonchev–Trinajstić information content (AvgIpc) is 3.15. The first-order valence-corrected chi connectivity index (χ1v) is 24.0. The number of primary amides is 1. The molecule has 10 nitrogen and oxygen atoms in total. The lowest BCUT2D eigenvalue weighted by Gasteiger charge is -2.51. The monoisotopic (exact) mass is 811 g/mol. The standard InChI is InChI=1S/C43H50N3O7PSSi/c1-29(2)37(41(49)52-28-31-24-26-32(27-25-31)46(50)51)45-39(48)36(30(3)53-56(7,8)43(4,5)6)40(45)55-42(38(44)47)54(33-18-12-9-13-19-33,34-20-14-10-15-21-34)35-22-16-11-17-23-35/h9-27,30,36,40H,28H2,1-8H3,(H2,44,47)/t30-,36+,40-/m1/s1. The number of nitro groups is 1. The number of allylic oxidation sites excluding steroid dienone is 1. The van der Waals surface area contributed by atoms with Crippen LogP contribution in [0.3, 0.4) is 0 Å². The predicted molar refractivity (Wildman–Crippen MR) is 230 cm³/mol. The van der Waals surface area contributed by atoms with Crippen molar-refractivity contribution >= 4 is 71.0 Å². The van der Waals surface area contributed by atoms with Crippen molar-refractivity contribution in [3.05, 3.63) is 142 Å². The van der Waals surface area contributed by atoms with Crippen LogP contribution in [0.4, 0.5) is 5.69 Å². The molecular weight excluding hydrogens is 762 g/mol. The van der Waals surface area contributed by atoms with Crippen molar-refractivity contribution in [2.45, 2.75) is 77.8 Å². The van der Waals surface area contributed by atoms with E-state index < -0.39 is 49.4 Å². The molecule has 0 aliphatic carbocycles. The van der Waals surface area contributed by atoms with E-state index in [9.17, 15) is 24.5 Å². The molecule has 0 unspecified atom stereocenters. The number of amides is 2. The Morgan fingerprint density at radius 2 is 1.34 bits per heavy atom. The minimum atomic E-state index is -3.01. The molecule has 0 saturated carbocycles. The Morgan fingerprint density at radius 1 is 0.875 bits per heavy atom. The van der Waals surface area contributed by atoms with Gasteiger partial charge in [-0.3, -0.25) is 24.6 Å². The first-order chi connectivity index (χ1) is 26.4. The van der Waals surface area contributed by atoms with Gasteiger partial charge in [-0.1, -0.05) is 124 Å². The molecule has 1 heterocycles. The number of ether oxygens (including phenoxy) is 1. The Hall–Kier alpha value is -4.74. The van der Waals surface area contributed by atoms with Gasteiger partial charge in [-0.15, -0.1) is 0 Å². The summed E-state index contributed by atoms with van der Waals surface area (Å²) in [7, 11) is -2.40. The van der Waals surface area contributed by atoms with E-state index in [0.29, 0.717) is 15.8 Å². The van der Waals surface area contributed by atoms with Crippen LogP contribution in [-0.4, -0.2) is 52.0 Å². The van der Waals surface area contributed by atoms with E-state index in [1.165, 1.54) is 40.9 Å². The molecule has 0 aromatic heterocycles. The second-order valence-corrected chi connectivity index (χ2v) is 25.0. The van der Waals surface area contributed by atoms with Crippen LogP contribution in [0.25, 0.3) is 0 Å². The minimum absolute atomic E-state index is 0.0528. The Morgan fingerprint density at radius 3 is 1.73 bits per heavy atom. The lowest BCUT2D eigenvalue weighted by atomic mass is 9.91. The van der Waals surface area contributed by atoms with Gasteiger partial charge in [-0.25, -0.2) is 4.79 Å². The third kappa shape index (κ3) is 8.49. The van der Waals surface area contributed by atoms with Gasteiger partial charge in [0.05, 0.1) is 21.6 Å². The van der Waals surface area contributed by atoms with Gasteiger partial charge in [0.1, 0.15) is 17.7 Å². The summed E-state index contributed by atoms with van der Waals surface area (Å²) in [5.74, 6) is -2.45. The van der Waals surface area contributed by atoms with E-state index in [1.54, 1.807) is 13.8 Å². The van der Waals surface area contributed by atoms with Crippen molar-refractivity contribution in [3.8, 4) is 0 Å². The highest BCUT2D eigenvalue weighted by atomic mass is 32.2. The molecule has 0 radical (unpaired) electrons. The molecule has 13 heteroatoms. The zero-order valence-electron chi connectivity index (χ0n) is 33.1. The summed E-state index contributed by atoms with van der Waals surface area (Å²) in [5, 5.41) is 13.0. The zero-order chi connectivity index (χ0) is 41.0.